The number of carbonyl (C=O) groups excluding carboxylic acids is 2. The van der Waals surface area contributed by atoms with Gasteiger partial charge < -0.3 is 20.5 Å². The number of benzene rings is 1. The molecule has 6 nitrogen and oxygen atoms in total. The van der Waals surface area contributed by atoms with Gasteiger partial charge >= 0.3 is 0 Å². The molecule has 0 saturated heterocycles. The highest BCUT2D eigenvalue weighted by atomic mass is 16.5. The van der Waals surface area contributed by atoms with Crippen LogP contribution in [0.1, 0.15) is 44.2 Å². The molecule has 1 fully saturated rings. The van der Waals surface area contributed by atoms with E-state index < -0.39 is 12.2 Å². The Morgan fingerprint density at radius 3 is 2.59 bits per heavy atom. The lowest BCUT2D eigenvalue weighted by molar-refractivity contribution is -0.132. The normalized spacial score (nSPS) is 26.1. The van der Waals surface area contributed by atoms with Gasteiger partial charge in [0, 0.05) is 5.92 Å². The molecule has 1 aromatic carbocycles. The Morgan fingerprint density at radius 2 is 1.96 bits per heavy atom. The molecule has 6 heteroatoms. The van der Waals surface area contributed by atoms with Crippen LogP contribution in [0.3, 0.4) is 0 Å². The SMILES string of the molecule is C[C@H](NC(=O)C[C@H]1C=C[C@H](NC(=O)C2CCC2)[C@H](CO)O1)c1ccccc1. The predicted molar refractivity (Wildman–Crippen MR) is 102 cm³/mol. The fourth-order valence-corrected chi connectivity index (χ4v) is 3.40. The van der Waals surface area contributed by atoms with Crippen molar-refractivity contribution in [2.24, 2.45) is 5.92 Å². The van der Waals surface area contributed by atoms with E-state index in [1.165, 1.54) is 0 Å². The van der Waals surface area contributed by atoms with E-state index >= 15 is 0 Å². The highest BCUT2D eigenvalue weighted by molar-refractivity contribution is 5.80. The average molecular weight is 372 g/mol. The Morgan fingerprint density at radius 1 is 1.22 bits per heavy atom. The largest absolute Gasteiger partial charge is 0.394 e. The van der Waals surface area contributed by atoms with Crippen LogP contribution >= 0.6 is 0 Å². The number of hydrogen-bond donors (Lipinski definition) is 3. The van der Waals surface area contributed by atoms with Crippen LogP contribution in [0.4, 0.5) is 0 Å². The van der Waals surface area contributed by atoms with E-state index in [2.05, 4.69) is 10.6 Å². The zero-order valence-electron chi connectivity index (χ0n) is 15.6. The Balaban J connectivity index is 1.51. The summed E-state index contributed by atoms with van der Waals surface area (Å²) in [6.45, 7) is 1.73. The molecule has 2 amide bonds. The van der Waals surface area contributed by atoms with Gasteiger partial charge in [-0.15, -0.1) is 0 Å². The van der Waals surface area contributed by atoms with Crippen LogP contribution in [-0.2, 0) is 14.3 Å². The number of carbonyl (C=O) groups is 2. The first kappa shape index (κ1) is 19.6. The summed E-state index contributed by atoms with van der Waals surface area (Å²) in [6.07, 6.45) is 5.80. The van der Waals surface area contributed by atoms with E-state index in [4.69, 9.17) is 4.74 Å². The molecule has 1 saturated carbocycles. The van der Waals surface area contributed by atoms with E-state index in [9.17, 15) is 14.7 Å². The van der Waals surface area contributed by atoms with Crippen LogP contribution in [0, 0.1) is 5.92 Å². The van der Waals surface area contributed by atoms with Gasteiger partial charge in [-0.1, -0.05) is 48.9 Å². The quantitative estimate of drug-likeness (QED) is 0.638. The van der Waals surface area contributed by atoms with Crippen molar-refractivity contribution in [3.8, 4) is 0 Å². The van der Waals surface area contributed by atoms with Gasteiger partial charge in [-0.25, -0.2) is 0 Å². The number of rotatable bonds is 7. The smallest absolute Gasteiger partial charge is 0.223 e. The summed E-state index contributed by atoms with van der Waals surface area (Å²) in [5.41, 5.74) is 1.04. The molecular weight excluding hydrogens is 344 g/mol. The van der Waals surface area contributed by atoms with Crippen LogP contribution < -0.4 is 10.6 Å². The van der Waals surface area contributed by atoms with E-state index in [-0.39, 0.29) is 42.8 Å². The Kier molecular flexibility index (Phi) is 6.63. The number of amides is 2. The van der Waals surface area contributed by atoms with Gasteiger partial charge in [0.25, 0.3) is 0 Å². The lowest BCUT2D eigenvalue weighted by Crippen LogP contribution is -2.51. The van der Waals surface area contributed by atoms with Crippen molar-refractivity contribution in [1.29, 1.82) is 0 Å². The van der Waals surface area contributed by atoms with Crippen molar-refractivity contribution in [3.63, 3.8) is 0 Å². The first-order valence-electron chi connectivity index (χ1n) is 9.66. The maximum Gasteiger partial charge on any atom is 0.223 e. The Bertz CT molecular complexity index is 672. The number of nitrogens with one attached hydrogen (secondary N) is 2. The van der Waals surface area contributed by atoms with Crippen LogP contribution in [0.5, 0.6) is 0 Å². The number of ether oxygens (including phenoxy) is 1. The summed E-state index contributed by atoms with van der Waals surface area (Å²) in [6, 6.07) is 9.32. The third kappa shape index (κ3) is 5.17. The van der Waals surface area contributed by atoms with Crippen LogP contribution in [0.15, 0.2) is 42.5 Å². The molecular formula is C21H28N2O4. The third-order valence-electron chi connectivity index (χ3n) is 5.31. The summed E-state index contributed by atoms with van der Waals surface area (Å²) < 4.78 is 5.83. The molecule has 1 aromatic rings. The van der Waals surface area contributed by atoms with Crippen LogP contribution in [0.25, 0.3) is 0 Å². The highest BCUT2D eigenvalue weighted by Gasteiger charge is 2.32. The predicted octanol–water partition coefficient (Wildman–Crippen LogP) is 1.85. The molecule has 146 valence electrons. The molecule has 1 aliphatic heterocycles. The van der Waals surface area contributed by atoms with Gasteiger partial charge in [0.15, 0.2) is 0 Å². The topological polar surface area (TPSA) is 87.7 Å². The fourth-order valence-electron chi connectivity index (χ4n) is 3.40. The molecule has 0 spiro atoms. The summed E-state index contributed by atoms with van der Waals surface area (Å²) in [4.78, 5) is 24.5. The maximum absolute atomic E-state index is 12.3. The van der Waals surface area contributed by atoms with Crippen LogP contribution in [-0.4, -0.2) is 41.8 Å². The molecule has 0 aromatic heterocycles. The van der Waals surface area contributed by atoms with Crippen molar-refractivity contribution in [2.45, 2.75) is 56.9 Å². The maximum atomic E-state index is 12.3. The first-order chi connectivity index (χ1) is 13.1. The monoisotopic (exact) mass is 372 g/mol. The summed E-state index contributed by atoms with van der Waals surface area (Å²) in [7, 11) is 0. The van der Waals surface area contributed by atoms with Crippen molar-refractivity contribution in [2.75, 3.05) is 6.61 Å². The second-order valence-corrected chi connectivity index (χ2v) is 7.35. The lowest BCUT2D eigenvalue weighted by Gasteiger charge is -2.34. The van der Waals surface area contributed by atoms with Crippen molar-refractivity contribution in [3.05, 3.63) is 48.0 Å². The summed E-state index contributed by atoms with van der Waals surface area (Å²) in [5, 5.41) is 15.5. The number of aliphatic hydroxyl groups excluding tert-OH is 1. The third-order valence-corrected chi connectivity index (χ3v) is 5.31. The molecule has 1 heterocycles. The van der Waals surface area contributed by atoms with Crippen molar-refractivity contribution >= 4 is 11.8 Å². The molecule has 3 rings (SSSR count). The van der Waals surface area contributed by atoms with Gasteiger partial charge in [-0.2, -0.15) is 0 Å². The molecule has 27 heavy (non-hydrogen) atoms. The molecule has 0 bridgehead atoms. The number of aliphatic hydroxyl groups is 1. The van der Waals surface area contributed by atoms with Gasteiger partial charge in [0.2, 0.25) is 11.8 Å². The Hall–Kier alpha value is -2.18. The van der Waals surface area contributed by atoms with Gasteiger partial charge in [-0.3, -0.25) is 9.59 Å². The zero-order valence-corrected chi connectivity index (χ0v) is 15.6. The van der Waals surface area contributed by atoms with E-state index in [1.807, 2.05) is 43.3 Å². The van der Waals surface area contributed by atoms with Crippen molar-refractivity contribution in [1.82, 2.24) is 10.6 Å². The molecule has 0 unspecified atom stereocenters. The standard InChI is InChI=1S/C21H28N2O4/c1-14(15-6-3-2-4-7-15)22-20(25)12-17-10-11-18(19(13-24)27-17)23-21(26)16-8-5-9-16/h2-4,6-7,10-11,14,16-19,24H,5,8-9,12-13H2,1H3,(H,22,25)(H,23,26)/t14-,17+,18-,19-/m0/s1. The first-order valence-corrected chi connectivity index (χ1v) is 9.66. The van der Waals surface area contributed by atoms with Gasteiger partial charge in [0.1, 0.15) is 6.10 Å². The molecule has 1 aliphatic carbocycles. The van der Waals surface area contributed by atoms with Crippen molar-refractivity contribution < 1.29 is 19.4 Å². The second-order valence-electron chi connectivity index (χ2n) is 7.35. The average Bonchev–Trinajstić information content (AvgIpc) is 2.62. The van der Waals surface area contributed by atoms with E-state index in [0.29, 0.717) is 0 Å². The van der Waals surface area contributed by atoms with E-state index in [0.717, 1.165) is 24.8 Å². The second kappa shape index (κ2) is 9.15. The van der Waals surface area contributed by atoms with Gasteiger partial charge in [-0.05, 0) is 25.3 Å². The molecule has 3 N–H and O–H groups in total. The van der Waals surface area contributed by atoms with E-state index in [1.54, 1.807) is 6.08 Å². The van der Waals surface area contributed by atoms with Gasteiger partial charge in [0.05, 0.1) is 31.2 Å². The Labute approximate surface area is 160 Å². The fraction of sp³-hybridized carbons (Fsp3) is 0.524. The number of hydrogen-bond acceptors (Lipinski definition) is 4. The molecule has 2 aliphatic rings. The highest BCUT2D eigenvalue weighted by Crippen LogP contribution is 2.27. The summed E-state index contributed by atoms with van der Waals surface area (Å²) >= 11 is 0. The molecule has 4 atom stereocenters. The van der Waals surface area contributed by atoms with Crippen LogP contribution in [0.2, 0.25) is 0 Å². The summed E-state index contributed by atoms with van der Waals surface area (Å²) in [5.74, 6) is -0.0128. The minimum Gasteiger partial charge on any atom is -0.394 e. The zero-order chi connectivity index (χ0) is 19.2. The lowest BCUT2D eigenvalue weighted by atomic mass is 9.84. The molecule has 0 radical (unpaired) electrons. The minimum absolute atomic E-state index is 0.0193. The minimum atomic E-state index is -0.539.